The Morgan fingerprint density at radius 1 is 1.41 bits per heavy atom. The summed E-state index contributed by atoms with van der Waals surface area (Å²) in [5, 5.41) is 0. The molecule has 1 aromatic carbocycles. The molecular formula is C16H26N2O3Si. The number of nitrogen functional groups attached to an aromatic ring is 1. The van der Waals surface area contributed by atoms with E-state index in [1.807, 2.05) is 6.07 Å². The number of carbonyl (C=O) groups is 1. The van der Waals surface area contributed by atoms with Crippen LogP contribution in [0.15, 0.2) is 18.2 Å². The second kappa shape index (κ2) is 6.30. The zero-order valence-corrected chi connectivity index (χ0v) is 15.2. The first-order valence-corrected chi connectivity index (χ1v) is 10.4. The molecule has 0 aromatic heterocycles. The van der Waals surface area contributed by atoms with Crippen LogP contribution < -0.4 is 15.4 Å². The molecule has 0 radical (unpaired) electrons. The summed E-state index contributed by atoms with van der Waals surface area (Å²) >= 11 is 0. The zero-order chi connectivity index (χ0) is 16.5. The van der Waals surface area contributed by atoms with Crippen LogP contribution in [0.2, 0.25) is 13.1 Å². The summed E-state index contributed by atoms with van der Waals surface area (Å²) in [5.74, 6) is 0.643. The molecule has 1 aliphatic rings. The fourth-order valence-corrected chi connectivity index (χ4v) is 3.59. The summed E-state index contributed by atoms with van der Waals surface area (Å²) in [5.41, 5.74) is 7.18. The molecule has 0 bridgehead atoms. The van der Waals surface area contributed by atoms with E-state index in [9.17, 15) is 4.79 Å². The minimum Gasteiger partial charge on any atom is -0.482 e. The molecule has 2 rings (SSSR count). The average molecular weight is 322 g/mol. The van der Waals surface area contributed by atoms with Gasteiger partial charge in [-0.05, 0) is 36.7 Å². The maximum absolute atomic E-state index is 12.3. The van der Waals surface area contributed by atoms with Gasteiger partial charge in [-0.1, -0.05) is 20.8 Å². The van der Waals surface area contributed by atoms with Crippen molar-refractivity contribution in [2.45, 2.75) is 40.0 Å². The number of hydrogen-bond acceptors (Lipinski definition) is 4. The van der Waals surface area contributed by atoms with Crippen molar-refractivity contribution in [3.63, 3.8) is 0 Å². The molecule has 0 spiro atoms. The largest absolute Gasteiger partial charge is 0.482 e. The topological polar surface area (TPSA) is 64.8 Å². The van der Waals surface area contributed by atoms with Gasteiger partial charge in [-0.2, -0.15) is 0 Å². The Labute approximate surface area is 134 Å². The summed E-state index contributed by atoms with van der Waals surface area (Å²) in [7, 11) is -1.21. The van der Waals surface area contributed by atoms with Crippen molar-refractivity contribution in [3.8, 4) is 5.75 Å². The van der Waals surface area contributed by atoms with E-state index in [4.69, 9.17) is 14.9 Å². The molecule has 0 saturated heterocycles. The van der Waals surface area contributed by atoms with Crippen LogP contribution in [0.3, 0.4) is 0 Å². The number of rotatable bonds is 4. The number of nitrogens with two attached hydrogens (primary N) is 1. The van der Waals surface area contributed by atoms with Gasteiger partial charge in [-0.15, -0.1) is 0 Å². The molecule has 6 heteroatoms. The van der Waals surface area contributed by atoms with Crippen molar-refractivity contribution >= 4 is 26.3 Å². The normalized spacial score (nSPS) is 16.5. The number of hydrogen-bond donors (Lipinski definition) is 1. The lowest BCUT2D eigenvalue weighted by Crippen LogP contribution is -2.48. The van der Waals surface area contributed by atoms with Gasteiger partial charge in [-0.3, -0.25) is 4.79 Å². The van der Waals surface area contributed by atoms with Crippen LogP contribution in [-0.2, 0) is 9.22 Å². The lowest BCUT2D eigenvalue weighted by molar-refractivity contribution is -0.121. The van der Waals surface area contributed by atoms with Gasteiger partial charge >= 0.3 is 0 Å². The van der Waals surface area contributed by atoms with Crippen molar-refractivity contribution in [2.24, 2.45) is 5.41 Å². The molecule has 1 atom stereocenters. The van der Waals surface area contributed by atoms with Gasteiger partial charge in [0.05, 0.1) is 18.3 Å². The highest BCUT2D eigenvalue weighted by Crippen LogP contribution is 2.35. The molecule has 1 unspecified atom stereocenters. The summed E-state index contributed by atoms with van der Waals surface area (Å²) < 4.78 is 11.7. The quantitative estimate of drug-likeness (QED) is 0.683. The Morgan fingerprint density at radius 3 is 2.68 bits per heavy atom. The highest BCUT2D eigenvalue weighted by Gasteiger charge is 2.33. The first kappa shape index (κ1) is 16.8. The van der Waals surface area contributed by atoms with Crippen LogP contribution in [-0.4, -0.2) is 34.2 Å². The first-order chi connectivity index (χ1) is 10.2. The third kappa shape index (κ3) is 3.81. The van der Waals surface area contributed by atoms with Crippen molar-refractivity contribution < 1.29 is 14.0 Å². The van der Waals surface area contributed by atoms with Gasteiger partial charge in [0, 0.05) is 5.69 Å². The van der Waals surface area contributed by atoms with E-state index in [0.29, 0.717) is 18.0 Å². The minimum atomic E-state index is -1.21. The number of anilines is 2. The molecule has 0 saturated carbocycles. The molecule has 2 N–H and O–H groups in total. The van der Waals surface area contributed by atoms with Gasteiger partial charge in [0.1, 0.15) is 5.75 Å². The summed E-state index contributed by atoms with van der Waals surface area (Å²) in [4.78, 5) is 14.1. The Bertz CT molecular complexity index is 555. The van der Waals surface area contributed by atoms with Crippen LogP contribution in [0.25, 0.3) is 0 Å². The molecule has 1 aromatic rings. The Kier molecular flexibility index (Phi) is 4.82. The van der Waals surface area contributed by atoms with Crippen LogP contribution in [0.1, 0.15) is 20.8 Å². The van der Waals surface area contributed by atoms with Gasteiger partial charge in [0.2, 0.25) is 0 Å². The maximum Gasteiger partial charge on any atom is 0.265 e. The molecule has 5 nitrogen and oxygen atoms in total. The summed E-state index contributed by atoms with van der Waals surface area (Å²) in [6.45, 7) is 11.3. The van der Waals surface area contributed by atoms with E-state index in [-0.39, 0.29) is 24.0 Å². The first-order valence-electron chi connectivity index (χ1n) is 7.66. The molecule has 0 aliphatic carbocycles. The fraction of sp³-hybridized carbons (Fsp3) is 0.562. The average Bonchev–Trinajstić information content (AvgIpc) is 2.39. The Balaban J connectivity index is 2.30. The minimum absolute atomic E-state index is 0.0181. The molecule has 122 valence electrons. The predicted octanol–water partition coefficient (Wildman–Crippen LogP) is 2.41. The van der Waals surface area contributed by atoms with Crippen LogP contribution in [0.5, 0.6) is 5.75 Å². The molecule has 1 aliphatic heterocycles. The van der Waals surface area contributed by atoms with Crippen molar-refractivity contribution in [1.82, 2.24) is 0 Å². The van der Waals surface area contributed by atoms with E-state index in [0.717, 1.165) is 5.69 Å². The number of benzene rings is 1. The van der Waals surface area contributed by atoms with E-state index in [2.05, 4.69) is 33.9 Å². The predicted molar refractivity (Wildman–Crippen MR) is 91.9 cm³/mol. The summed E-state index contributed by atoms with van der Waals surface area (Å²) in [6.07, 6.45) is -0.0181. The van der Waals surface area contributed by atoms with Gasteiger partial charge in [0.25, 0.3) is 5.91 Å². The molecule has 22 heavy (non-hydrogen) atoms. The summed E-state index contributed by atoms with van der Waals surface area (Å²) in [6, 6.07) is 5.39. The zero-order valence-electron chi connectivity index (χ0n) is 14.1. The number of nitrogens with zero attached hydrogens (tertiary/aromatic N) is 1. The highest BCUT2D eigenvalue weighted by atomic mass is 28.3. The van der Waals surface area contributed by atoms with E-state index in [1.165, 1.54) is 0 Å². The van der Waals surface area contributed by atoms with Gasteiger partial charge in [-0.25, -0.2) is 0 Å². The van der Waals surface area contributed by atoms with Crippen LogP contribution in [0, 0.1) is 5.41 Å². The van der Waals surface area contributed by atoms with Gasteiger partial charge < -0.3 is 19.8 Å². The number of fused-ring (bicyclic) bond motifs is 1. The lowest BCUT2D eigenvalue weighted by Gasteiger charge is -2.38. The molecular weight excluding hydrogens is 296 g/mol. The van der Waals surface area contributed by atoms with Gasteiger partial charge in [0.15, 0.2) is 15.6 Å². The lowest BCUT2D eigenvalue weighted by atomic mass is 9.88. The smallest absolute Gasteiger partial charge is 0.265 e. The number of ether oxygens (including phenoxy) is 1. The van der Waals surface area contributed by atoms with E-state index < -0.39 is 9.04 Å². The van der Waals surface area contributed by atoms with Crippen LogP contribution in [0.4, 0.5) is 11.4 Å². The van der Waals surface area contributed by atoms with Crippen molar-refractivity contribution in [3.05, 3.63) is 18.2 Å². The Hall–Kier alpha value is -1.53. The monoisotopic (exact) mass is 322 g/mol. The number of carbonyl (C=O) groups excluding carboxylic acids is 1. The Morgan fingerprint density at radius 2 is 2.09 bits per heavy atom. The van der Waals surface area contributed by atoms with E-state index in [1.54, 1.807) is 17.0 Å². The fourth-order valence-electron chi connectivity index (χ4n) is 2.43. The molecule has 1 heterocycles. The van der Waals surface area contributed by atoms with E-state index >= 15 is 0 Å². The standard InChI is InChI=1S/C16H26N2O3Si/c1-16(2,3)14(21-22(4)5)9-18-12-8-11(17)6-7-13(12)20-10-15(18)19/h6-8,14,22H,9-10,17H2,1-5H3. The SMILES string of the molecule is C[SiH](C)OC(CN1C(=O)COc2ccc(N)cc21)C(C)(C)C. The molecule has 1 amide bonds. The van der Waals surface area contributed by atoms with Crippen LogP contribution >= 0.6 is 0 Å². The highest BCUT2D eigenvalue weighted by molar-refractivity contribution is 6.48. The number of amides is 1. The third-order valence-corrected chi connectivity index (χ3v) is 4.55. The maximum atomic E-state index is 12.3. The third-order valence-electron chi connectivity index (χ3n) is 3.68. The second-order valence-corrected chi connectivity index (χ2v) is 9.43. The second-order valence-electron chi connectivity index (χ2n) is 7.06. The van der Waals surface area contributed by atoms with Crippen molar-refractivity contribution in [2.75, 3.05) is 23.8 Å². The molecule has 0 fully saturated rings. The van der Waals surface area contributed by atoms with Crippen molar-refractivity contribution in [1.29, 1.82) is 0 Å².